The molecule has 0 spiro atoms. The van der Waals surface area contributed by atoms with Crippen LogP contribution in [0.1, 0.15) is 25.8 Å². The van der Waals surface area contributed by atoms with Crippen molar-refractivity contribution >= 4 is 22.7 Å². The van der Waals surface area contributed by atoms with Gasteiger partial charge >= 0.3 is 6.18 Å². The minimum absolute atomic E-state index is 0.106. The maximum atomic E-state index is 13.7. The van der Waals surface area contributed by atoms with Crippen LogP contribution in [-0.2, 0) is 6.18 Å². The minimum Gasteiger partial charge on any atom is -0.456 e. The summed E-state index contributed by atoms with van der Waals surface area (Å²) in [5, 5.41) is 12.3. The Morgan fingerprint density at radius 1 is 1.23 bits per heavy atom. The van der Waals surface area contributed by atoms with Crippen LogP contribution in [0.2, 0.25) is 0 Å². The Hall–Kier alpha value is -3.91. The van der Waals surface area contributed by atoms with Crippen LogP contribution in [0.25, 0.3) is 4.85 Å². The smallest absolute Gasteiger partial charge is 0.420 e. The summed E-state index contributed by atoms with van der Waals surface area (Å²) in [6, 6.07) is 10.6. The maximum absolute atomic E-state index is 13.7. The largest absolute Gasteiger partial charge is 0.456 e. The number of nitrogens with zero attached hydrogens (tertiary/aromatic N) is 2. The van der Waals surface area contributed by atoms with Gasteiger partial charge < -0.3 is 15.8 Å². The molecule has 0 aromatic heterocycles. The second kappa shape index (κ2) is 8.45. The van der Waals surface area contributed by atoms with Gasteiger partial charge in [-0.1, -0.05) is 18.2 Å². The van der Waals surface area contributed by atoms with Gasteiger partial charge in [0.1, 0.15) is 17.1 Å². The van der Waals surface area contributed by atoms with E-state index in [1.165, 1.54) is 6.07 Å². The van der Waals surface area contributed by atoms with E-state index in [2.05, 4.69) is 16.2 Å². The number of alkyl halides is 3. The molecule has 2 aromatic rings. The summed E-state index contributed by atoms with van der Waals surface area (Å²) in [6.07, 6.45) is -2.42. The summed E-state index contributed by atoms with van der Waals surface area (Å²) in [4.78, 5) is 3.30. The molecular weight excluding hydrogens is 405 g/mol. The van der Waals surface area contributed by atoms with Gasteiger partial charge in [-0.15, -0.1) is 0 Å². The van der Waals surface area contributed by atoms with Crippen molar-refractivity contribution in [3.8, 4) is 11.8 Å². The molecule has 0 fully saturated rings. The number of allylic oxidation sites excluding steroid dienone is 3. The first-order valence-corrected chi connectivity index (χ1v) is 9.34. The van der Waals surface area contributed by atoms with Gasteiger partial charge in [0, 0.05) is 11.8 Å². The Morgan fingerprint density at radius 3 is 2.48 bits per heavy atom. The highest BCUT2D eigenvalue weighted by molar-refractivity contribution is 5.76. The number of rotatable bonds is 4. The average Bonchev–Trinajstić information content (AvgIpc) is 2.73. The standard InChI is InChI=1S/C23H19F3N4O/c1-13-4-5-15(12-27)14(2)22(13)31-21-11-20(19(28)10-18(21)23(24,25)26)30-17-8-6-16(29-3)7-9-17/h4,6-11,15,30H,5,28H2,1-2H3. The van der Waals surface area contributed by atoms with Crippen LogP contribution < -0.4 is 15.8 Å². The van der Waals surface area contributed by atoms with Gasteiger partial charge in [0.05, 0.1) is 29.9 Å². The van der Waals surface area contributed by atoms with Crippen LogP contribution in [0.3, 0.4) is 0 Å². The number of anilines is 3. The third kappa shape index (κ3) is 4.65. The number of ether oxygens (including phenoxy) is 1. The second-order valence-electron chi connectivity index (χ2n) is 7.14. The van der Waals surface area contributed by atoms with E-state index in [1.54, 1.807) is 44.2 Å². The third-order valence-corrected chi connectivity index (χ3v) is 5.00. The molecule has 0 bridgehead atoms. The van der Waals surface area contributed by atoms with Crippen molar-refractivity contribution in [2.24, 2.45) is 5.92 Å². The number of halogens is 3. The third-order valence-electron chi connectivity index (χ3n) is 5.00. The molecule has 0 radical (unpaired) electrons. The monoisotopic (exact) mass is 424 g/mol. The molecular formula is C23H19F3N4O. The van der Waals surface area contributed by atoms with E-state index in [0.29, 0.717) is 28.9 Å². The van der Waals surface area contributed by atoms with Crippen LogP contribution >= 0.6 is 0 Å². The van der Waals surface area contributed by atoms with E-state index in [-0.39, 0.29) is 17.1 Å². The van der Waals surface area contributed by atoms with Gasteiger partial charge in [0.25, 0.3) is 0 Å². The van der Waals surface area contributed by atoms with E-state index < -0.39 is 23.4 Å². The highest BCUT2D eigenvalue weighted by Gasteiger charge is 2.36. The van der Waals surface area contributed by atoms with E-state index in [4.69, 9.17) is 17.0 Å². The summed E-state index contributed by atoms with van der Waals surface area (Å²) >= 11 is 0. The molecule has 8 heteroatoms. The Bertz CT molecular complexity index is 1150. The van der Waals surface area contributed by atoms with Crippen molar-refractivity contribution in [1.82, 2.24) is 0 Å². The number of nitriles is 1. The van der Waals surface area contributed by atoms with Gasteiger partial charge in [-0.2, -0.15) is 18.4 Å². The van der Waals surface area contributed by atoms with Crippen molar-refractivity contribution in [1.29, 1.82) is 5.26 Å². The zero-order valence-corrected chi connectivity index (χ0v) is 16.8. The van der Waals surface area contributed by atoms with Crippen LogP contribution in [-0.4, -0.2) is 0 Å². The van der Waals surface area contributed by atoms with Gasteiger partial charge in [-0.25, -0.2) is 4.85 Å². The molecule has 31 heavy (non-hydrogen) atoms. The van der Waals surface area contributed by atoms with E-state index >= 15 is 0 Å². The average molecular weight is 424 g/mol. The lowest BCUT2D eigenvalue weighted by Crippen LogP contribution is -2.15. The number of nitrogen functional groups attached to an aromatic ring is 1. The summed E-state index contributed by atoms with van der Waals surface area (Å²) in [5.41, 5.74) is 7.24. The first-order chi connectivity index (χ1) is 14.6. The zero-order valence-electron chi connectivity index (χ0n) is 16.8. The fraction of sp³-hybridized carbons (Fsp3) is 0.217. The van der Waals surface area contributed by atoms with Crippen LogP contribution in [0.15, 0.2) is 59.4 Å². The number of hydrogen-bond acceptors (Lipinski definition) is 4. The van der Waals surface area contributed by atoms with Gasteiger partial charge in [0.2, 0.25) is 0 Å². The van der Waals surface area contributed by atoms with Crippen molar-refractivity contribution in [2.75, 3.05) is 11.1 Å². The van der Waals surface area contributed by atoms with E-state index in [0.717, 1.165) is 6.07 Å². The Balaban J connectivity index is 2.05. The van der Waals surface area contributed by atoms with Gasteiger partial charge in [-0.3, -0.25) is 0 Å². The fourth-order valence-electron chi connectivity index (χ4n) is 3.24. The molecule has 1 atom stereocenters. The summed E-state index contributed by atoms with van der Waals surface area (Å²) in [5.74, 6) is -0.622. The van der Waals surface area contributed by atoms with Crippen LogP contribution in [0.4, 0.5) is 35.9 Å². The van der Waals surface area contributed by atoms with Crippen molar-refractivity contribution in [2.45, 2.75) is 26.4 Å². The Kier molecular flexibility index (Phi) is 5.94. The molecule has 1 aliphatic rings. The first-order valence-electron chi connectivity index (χ1n) is 9.34. The lowest BCUT2D eigenvalue weighted by Gasteiger charge is -2.24. The van der Waals surface area contributed by atoms with Crippen LogP contribution in [0, 0.1) is 23.8 Å². The number of nitrogens with two attached hydrogens (primary N) is 1. The van der Waals surface area contributed by atoms with E-state index in [9.17, 15) is 18.4 Å². The quantitative estimate of drug-likeness (QED) is 0.422. The fourth-order valence-corrected chi connectivity index (χ4v) is 3.24. The lowest BCUT2D eigenvalue weighted by molar-refractivity contribution is -0.138. The molecule has 1 unspecified atom stereocenters. The van der Waals surface area contributed by atoms with Crippen molar-refractivity contribution < 1.29 is 17.9 Å². The number of benzene rings is 2. The highest BCUT2D eigenvalue weighted by Crippen LogP contribution is 2.43. The molecule has 1 aliphatic carbocycles. The predicted molar refractivity (Wildman–Crippen MR) is 113 cm³/mol. The molecule has 0 heterocycles. The SMILES string of the molecule is [C-]#[N+]c1ccc(Nc2cc(OC3=C(C)C(C#N)CC=C3C)c(C(F)(F)F)cc2N)cc1. The number of nitrogens with one attached hydrogen (secondary N) is 1. The van der Waals surface area contributed by atoms with Crippen LogP contribution in [0.5, 0.6) is 5.75 Å². The van der Waals surface area contributed by atoms with Gasteiger partial charge in [0.15, 0.2) is 5.69 Å². The molecule has 0 aliphatic heterocycles. The molecule has 0 saturated heterocycles. The normalized spacial score (nSPS) is 16.2. The van der Waals surface area contributed by atoms with E-state index in [1.807, 2.05) is 0 Å². The maximum Gasteiger partial charge on any atom is 0.420 e. The second-order valence-corrected chi connectivity index (χ2v) is 7.14. The lowest BCUT2D eigenvalue weighted by atomic mass is 9.89. The topological polar surface area (TPSA) is 75.4 Å². The Morgan fingerprint density at radius 2 is 1.90 bits per heavy atom. The van der Waals surface area contributed by atoms with Crippen molar-refractivity contribution in [3.05, 3.63) is 76.4 Å². The number of hydrogen-bond donors (Lipinski definition) is 2. The predicted octanol–water partition coefficient (Wildman–Crippen LogP) is 6.72. The molecule has 2 aromatic carbocycles. The highest BCUT2D eigenvalue weighted by atomic mass is 19.4. The molecule has 158 valence electrons. The van der Waals surface area contributed by atoms with Crippen molar-refractivity contribution in [3.63, 3.8) is 0 Å². The molecule has 3 rings (SSSR count). The molecule has 0 amide bonds. The van der Waals surface area contributed by atoms with Gasteiger partial charge in [-0.05, 0) is 49.6 Å². The molecule has 5 nitrogen and oxygen atoms in total. The summed E-state index contributed by atoms with van der Waals surface area (Å²) in [6.45, 7) is 10.4. The summed E-state index contributed by atoms with van der Waals surface area (Å²) < 4.78 is 46.8. The minimum atomic E-state index is -4.69. The zero-order chi connectivity index (χ0) is 22.8. The first kappa shape index (κ1) is 21.8. The Labute approximate surface area is 178 Å². The molecule has 3 N–H and O–H groups in total. The summed E-state index contributed by atoms with van der Waals surface area (Å²) in [7, 11) is 0. The molecule has 0 saturated carbocycles.